The van der Waals surface area contributed by atoms with Crippen molar-refractivity contribution >= 4 is 27.6 Å². The maximum atomic E-state index is 13.5. The Hall–Kier alpha value is -4.97. The number of alkyl halides is 3. The molecule has 0 aliphatic heterocycles. The lowest BCUT2D eigenvalue weighted by atomic mass is 10.1. The fourth-order valence-corrected chi connectivity index (χ4v) is 4.38. The van der Waals surface area contributed by atoms with Gasteiger partial charge in [0.2, 0.25) is 16.0 Å². The first-order valence-electron chi connectivity index (χ1n) is 12.5. The van der Waals surface area contributed by atoms with Gasteiger partial charge in [-0.2, -0.15) is 23.3 Å². The Morgan fingerprint density at radius 3 is 2.32 bits per heavy atom. The van der Waals surface area contributed by atoms with Crippen molar-refractivity contribution in [3.8, 4) is 28.4 Å². The lowest BCUT2D eigenvalue weighted by Gasteiger charge is -2.15. The monoisotopic (exact) mass is 637 g/mol. The van der Waals surface area contributed by atoms with Gasteiger partial charge >= 0.3 is 6.18 Å². The van der Waals surface area contributed by atoms with Crippen molar-refractivity contribution in [2.75, 3.05) is 39.5 Å². The molecule has 44 heavy (non-hydrogen) atoms. The maximum absolute atomic E-state index is 13.5. The van der Waals surface area contributed by atoms with E-state index in [0.717, 1.165) is 33.8 Å². The van der Waals surface area contributed by atoms with E-state index in [1.54, 1.807) is 22.9 Å². The highest BCUT2D eigenvalue weighted by atomic mass is 32.2. The van der Waals surface area contributed by atoms with Gasteiger partial charge < -0.3 is 24.1 Å². The fraction of sp³-hybridized carbons (Fsp3) is 0.269. The average Bonchev–Trinajstić information content (AvgIpc) is 3.47. The molecule has 0 aliphatic rings. The summed E-state index contributed by atoms with van der Waals surface area (Å²) in [5, 5.41) is 6.56. The number of nitrogens with zero attached hydrogens (tertiary/aromatic N) is 5. The number of methoxy groups -OCH3 is 3. The van der Waals surface area contributed by atoms with Crippen LogP contribution < -0.4 is 25.1 Å². The summed E-state index contributed by atoms with van der Waals surface area (Å²) in [5.74, 6) is -0.575. The van der Waals surface area contributed by atoms with E-state index >= 15 is 0 Å². The fourth-order valence-electron chi connectivity index (χ4n) is 3.94. The molecule has 3 heterocycles. The van der Waals surface area contributed by atoms with Crippen LogP contribution in [-0.2, 0) is 27.5 Å². The van der Waals surface area contributed by atoms with E-state index in [0.29, 0.717) is 17.2 Å². The van der Waals surface area contributed by atoms with Crippen LogP contribution in [0.3, 0.4) is 0 Å². The molecule has 0 fully saturated rings. The third kappa shape index (κ3) is 7.51. The number of amides is 1. The lowest BCUT2D eigenvalue weighted by Crippen LogP contribution is -2.36. The van der Waals surface area contributed by atoms with Gasteiger partial charge in [0.1, 0.15) is 17.1 Å². The molecule has 4 rings (SSSR count). The van der Waals surface area contributed by atoms with Gasteiger partial charge in [0.25, 0.3) is 11.5 Å². The Bertz CT molecular complexity index is 1840. The molecule has 2 N–H and O–H groups in total. The quantitative estimate of drug-likeness (QED) is 0.248. The summed E-state index contributed by atoms with van der Waals surface area (Å²) < 4.78 is 83.1. The summed E-state index contributed by atoms with van der Waals surface area (Å²) in [6, 6.07) is 6.67. The number of pyridine rings is 1. The van der Waals surface area contributed by atoms with Crippen molar-refractivity contribution in [3.63, 3.8) is 0 Å². The Morgan fingerprint density at radius 2 is 1.75 bits per heavy atom. The van der Waals surface area contributed by atoms with E-state index in [1.165, 1.54) is 33.7 Å². The summed E-state index contributed by atoms with van der Waals surface area (Å²) in [4.78, 5) is 34.5. The largest absolute Gasteiger partial charge is 0.497 e. The first-order chi connectivity index (χ1) is 20.7. The molecule has 0 aliphatic carbocycles. The highest BCUT2D eigenvalue weighted by molar-refractivity contribution is 7.89. The number of benzene rings is 1. The molecule has 1 aromatic carbocycles. The number of rotatable bonds is 11. The van der Waals surface area contributed by atoms with Gasteiger partial charge in [-0.15, -0.1) is 0 Å². The first-order valence-corrected chi connectivity index (χ1v) is 14.4. The van der Waals surface area contributed by atoms with E-state index in [-0.39, 0.29) is 36.0 Å². The van der Waals surface area contributed by atoms with Crippen LogP contribution in [0.15, 0.2) is 53.7 Å². The minimum absolute atomic E-state index is 0.0425. The number of sulfonamides is 1. The van der Waals surface area contributed by atoms with Gasteiger partial charge in [0.05, 0.1) is 27.1 Å². The van der Waals surface area contributed by atoms with Gasteiger partial charge in [0, 0.05) is 67.3 Å². The Labute approximate surface area is 248 Å². The zero-order valence-corrected chi connectivity index (χ0v) is 24.5. The van der Waals surface area contributed by atoms with Crippen LogP contribution in [0.2, 0.25) is 0 Å². The van der Waals surface area contributed by atoms with Crippen LogP contribution in [0, 0.1) is 0 Å². The van der Waals surface area contributed by atoms with Crippen LogP contribution in [0.25, 0.3) is 16.9 Å². The zero-order valence-electron chi connectivity index (χ0n) is 23.7. The van der Waals surface area contributed by atoms with Crippen LogP contribution >= 0.6 is 0 Å². The van der Waals surface area contributed by atoms with E-state index in [1.807, 2.05) is 0 Å². The number of halogens is 3. The van der Waals surface area contributed by atoms with Crippen LogP contribution in [0.5, 0.6) is 11.5 Å². The van der Waals surface area contributed by atoms with Gasteiger partial charge in [0.15, 0.2) is 11.5 Å². The summed E-state index contributed by atoms with van der Waals surface area (Å²) in [6.07, 6.45) is -0.430. The summed E-state index contributed by atoms with van der Waals surface area (Å²) in [7, 11) is 0.245. The van der Waals surface area contributed by atoms with Crippen molar-refractivity contribution < 1.29 is 40.6 Å². The number of aromatic nitrogens is 5. The molecule has 0 atom stereocenters. The molecule has 0 saturated heterocycles. The molecule has 18 heteroatoms. The topological polar surface area (TPSA) is 169 Å². The third-order valence-corrected chi connectivity index (χ3v) is 6.48. The van der Waals surface area contributed by atoms with E-state index < -0.39 is 38.9 Å². The van der Waals surface area contributed by atoms with Crippen molar-refractivity contribution in [3.05, 3.63) is 70.5 Å². The second-order valence-corrected chi connectivity index (χ2v) is 10.9. The van der Waals surface area contributed by atoms with Gasteiger partial charge in [-0.3, -0.25) is 9.59 Å². The second-order valence-electron chi connectivity index (χ2n) is 9.14. The van der Waals surface area contributed by atoms with Crippen molar-refractivity contribution in [2.24, 2.45) is 0 Å². The van der Waals surface area contributed by atoms with Crippen LogP contribution in [-0.4, -0.2) is 72.8 Å². The molecule has 0 spiro atoms. The van der Waals surface area contributed by atoms with Crippen molar-refractivity contribution in [1.29, 1.82) is 0 Å². The standard InChI is InChI=1S/C26H26F3N7O7S/c1-41-8-7-35-14-15(9-19(24(35)38)23(37)34-44(4,39)40)20-13-30-25(31-16-10-17(42-2)12-18(11-16)43-3)32-22(20)36-6-5-21(33-36)26(27,28)29/h5-6,9-14H,7-8H2,1-4H3,(H,34,37)(H,30,31,32). The molecular formula is C26H26F3N7O7S. The molecule has 1 amide bonds. The third-order valence-electron chi connectivity index (χ3n) is 5.93. The van der Waals surface area contributed by atoms with Gasteiger partial charge in [-0.05, 0) is 12.1 Å². The molecule has 3 aromatic heterocycles. The Balaban J connectivity index is 1.91. The number of nitrogens with one attached hydrogen (secondary N) is 2. The SMILES string of the molecule is COCCn1cc(-c2cnc(Nc3cc(OC)cc(OC)c3)nc2-n2ccc(C(F)(F)F)n2)cc(C(=O)NS(C)(=O)=O)c1=O. The molecule has 0 unspecified atom stereocenters. The number of hydrogen-bond donors (Lipinski definition) is 2. The Kier molecular flexibility index (Phi) is 9.24. The highest BCUT2D eigenvalue weighted by Gasteiger charge is 2.34. The minimum atomic E-state index is -4.76. The molecule has 0 bridgehead atoms. The maximum Gasteiger partial charge on any atom is 0.435 e. The van der Waals surface area contributed by atoms with Gasteiger partial charge in [-0.1, -0.05) is 0 Å². The predicted molar refractivity (Wildman–Crippen MR) is 151 cm³/mol. The number of anilines is 2. The van der Waals surface area contributed by atoms with E-state index in [4.69, 9.17) is 14.2 Å². The Morgan fingerprint density at radius 1 is 1.07 bits per heavy atom. The number of carbonyl (C=O) groups excluding carboxylic acids is 1. The number of ether oxygens (including phenoxy) is 3. The first kappa shape index (κ1) is 32.0. The molecule has 0 radical (unpaired) electrons. The molecular weight excluding hydrogens is 611 g/mol. The smallest absolute Gasteiger partial charge is 0.435 e. The summed E-state index contributed by atoms with van der Waals surface area (Å²) in [6.45, 7) is -0.00334. The average molecular weight is 638 g/mol. The molecule has 0 saturated carbocycles. The summed E-state index contributed by atoms with van der Waals surface area (Å²) >= 11 is 0. The molecule has 234 valence electrons. The highest BCUT2D eigenvalue weighted by Crippen LogP contribution is 2.32. The predicted octanol–water partition coefficient (Wildman–Crippen LogP) is 2.61. The molecule has 14 nitrogen and oxygen atoms in total. The minimum Gasteiger partial charge on any atom is -0.497 e. The zero-order chi connectivity index (χ0) is 32.2. The van der Waals surface area contributed by atoms with Crippen LogP contribution in [0.4, 0.5) is 24.8 Å². The van der Waals surface area contributed by atoms with Crippen molar-refractivity contribution in [2.45, 2.75) is 12.7 Å². The molecule has 4 aromatic rings. The summed E-state index contributed by atoms with van der Waals surface area (Å²) in [5.41, 5.74) is -2.03. The number of hydrogen-bond acceptors (Lipinski definition) is 11. The second kappa shape index (κ2) is 12.7. The van der Waals surface area contributed by atoms with E-state index in [2.05, 4.69) is 20.4 Å². The normalized spacial score (nSPS) is 11.7. The number of carbonyl (C=O) groups is 1. The lowest BCUT2D eigenvalue weighted by molar-refractivity contribution is -0.141. The van der Waals surface area contributed by atoms with Crippen molar-refractivity contribution in [1.82, 2.24) is 29.0 Å². The van der Waals surface area contributed by atoms with Gasteiger partial charge in [-0.25, -0.2) is 22.8 Å². The van der Waals surface area contributed by atoms with Crippen LogP contribution in [0.1, 0.15) is 16.1 Å². The van der Waals surface area contributed by atoms with E-state index in [9.17, 15) is 31.2 Å².